The molecular weight excluding hydrogens is 218 g/mol. The summed E-state index contributed by atoms with van der Waals surface area (Å²) >= 11 is 1.49. The van der Waals surface area contributed by atoms with Crippen LogP contribution in [-0.2, 0) is 0 Å². The third-order valence-corrected chi connectivity index (χ3v) is 4.20. The Bertz CT molecular complexity index is 335. The lowest BCUT2D eigenvalue weighted by atomic mass is 9.98. The van der Waals surface area contributed by atoms with Crippen molar-refractivity contribution in [2.24, 2.45) is 11.8 Å². The van der Waals surface area contributed by atoms with Gasteiger partial charge in [-0.15, -0.1) is 0 Å². The molecule has 2 rings (SSSR count). The molecule has 0 amide bonds. The average molecular weight is 239 g/mol. The van der Waals surface area contributed by atoms with Crippen molar-refractivity contribution >= 4 is 16.7 Å². The monoisotopic (exact) mass is 239 g/mol. The smallest absolute Gasteiger partial charge is 0.202 e. The van der Waals surface area contributed by atoms with Gasteiger partial charge in [0.05, 0.1) is 0 Å². The van der Waals surface area contributed by atoms with E-state index in [0.717, 1.165) is 29.3 Å². The Balaban J connectivity index is 1.84. The van der Waals surface area contributed by atoms with Gasteiger partial charge in [-0.1, -0.05) is 33.6 Å². The molecule has 1 heterocycles. The molecule has 1 aromatic heterocycles. The minimum atomic E-state index is 0.428. The Morgan fingerprint density at radius 2 is 2.25 bits per heavy atom. The summed E-state index contributed by atoms with van der Waals surface area (Å²) in [5, 5.41) is 4.43. The Labute approximate surface area is 102 Å². The van der Waals surface area contributed by atoms with Gasteiger partial charge in [-0.3, -0.25) is 0 Å². The Kier molecular flexibility index (Phi) is 3.79. The summed E-state index contributed by atoms with van der Waals surface area (Å²) in [6.07, 6.45) is 4.14. The molecule has 0 spiro atoms. The first kappa shape index (κ1) is 11.8. The highest BCUT2D eigenvalue weighted by Crippen LogP contribution is 2.31. The highest BCUT2D eigenvalue weighted by atomic mass is 32.1. The van der Waals surface area contributed by atoms with Crippen LogP contribution in [0.1, 0.15) is 51.8 Å². The molecule has 16 heavy (non-hydrogen) atoms. The van der Waals surface area contributed by atoms with Crippen molar-refractivity contribution in [3.8, 4) is 0 Å². The van der Waals surface area contributed by atoms with Crippen LogP contribution in [0.3, 0.4) is 0 Å². The van der Waals surface area contributed by atoms with E-state index in [4.69, 9.17) is 0 Å². The van der Waals surface area contributed by atoms with Crippen molar-refractivity contribution in [3.05, 3.63) is 5.82 Å². The number of nitrogens with zero attached hydrogens (tertiary/aromatic N) is 2. The lowest BCUT2D eigenvalue weighted by Gasteiger charge is -2.14. The molecule has 90 valence electrons. The molecule has 0 aromatic carbocycles. The molecular formula is C12H21N3S. The van der Waals surface area contributed by atoms with Gasteiger partial charge in [-0.2, -0.15) is 4.37 Å². The van der Waals surface area contributed by atoms with Gasteiger partial charge >= 0.3 is 0 Å². The van der Waals surface area contributed by atoms with Crippen LogP contribution in [0.15, 0.2) is 0 Å². The molecule has 1 aromatic rings. The minimum absolute atomic E-state index is 0.428. The van der Waals surface area contributed by atoms with Crippen molar-refractivity contribution in [2.75, 3.05) is 11.9 Å². The van der Waals surface area contributed by atoms with E-state index in [2.05, 4.69) is 35.4 Å². The van der Waals surface area contributed by atoms with Crippen molar-refractivity contribution in [1.29, 1.82) is 0 Å². The first-order valence-electron chi connectivity index (χ1n) is 6.24. The maximum Gasteiger partial charge on any atom is 0.202 e. The second kappa shape index (κ2) is 5.13. The van der Waals surface area contributed by atoms with Gasteiger partial charge in [0, 0.05) is 24.0 Å². The highest BCUT2D eigenvalue weighted by Gasteiger charge is 2.23. The van der Waals surface area contributed by atoms with E-state index < -0.39 is 0 Å². The fraction of sp³-hybridized carbons (Fsp3) is 0.833. The van der Waals surface area contributed by atoms with Gasteiger partial charge in [-0.25, -0.2) is 4.98 Å². The maximum atomic E-state index is 4.49. The first-order valence-corrected chi connectivity index (χ1v) is 7.01. The zero-order valence-electron chi connectivity index (χ0n) is 10.4. The van der Waals surface area contributed by atoms with E-state index in [1.807, 2.05) is 0 Å². The highest BCUT2D eigenvalue weighted by molar-refractivity contribution is 7.09. The van der Waals surface area contributed by atoms with Crippen LogP contribution in [0.5, 0.6) is 0 Å². The number of hydrogen-bond donors (Lipinski definition) is 1. The van der Waals surface area contributed by atoms with Crippen LogP contribution in [0.2, 0.25) is 0 Å². The summed E-state index contributed by atoms with van der Waals surface area (Å²) in [7, 11) is 0. The van der Waals surface area contributed by atoms with Gasteiger partial charge in [0.2, 0.25) is 5.13 Å². The SMILES string of the molecule is CC(C)c1nsc(NCC2CCCC2C)n1. The van der Waals surface area contributed by atoms with Crippen LogP contribution in [0, 0.1) is 11.8 Å². The summed E-state index contributed by atoms with van der Waals surface area (Å²) in [6, 6.07) is 0. The van der Waals surface area contributed by atoms with Gasteiger partial charge in [0.25, 0.3) is 0 Å². The molecule has 2 unspecified atom stereocenters. The first-order chi connectivity index (χ1) is 7.66. The van der Waals surface area contributed by atoms with E-state index in [-0.39, 0.29) is 0 Å². The number of rotatable bonds is 4. The van der Waals surface area contributed by atoms with Gasteiger partial charge in [0.15, 0.2) is 0 Å². The van der Waals surface area contributed by atoms with E-state index >= 15 is 0 Å². The molecule has 3 nitrogen and oxygen atoms in total. The molecule has 0 bridgehead atoms. The third-order valence-electron chi connectivity index (χ3n) is 3.51. The van der Waals surface area contributed by atoms with E-state index in [0.29, 0.717) is 5.92 Å². The molecule has 1 aliphatic carbocycles. The van der Waals surface area contributed by atoms with Crippen molar-refractivity contribution in [3.63, 3.8) is 0 Å². The Morgan fingerprint density at radius 1 is 1.44 bits per heavy atom. The molecule has 0 radical (unpaired) electrons. The molecule has 1 aliphatic rings. The quantitative estimate of drug-likeness (QED) is 0.873. The van der Waals surface area contributed by atoms with Crippen LogP contribution in [-0.4, -0.2) is 15.9 Å². The van der Waals surface area contributed by atoms with E-state index in [9.17, 15) is 0 Å². The summed E-state index contributed by atoms with van der Waals surface area (Å²) < 4.78 is 4.35. The molecule has 4 heteroatoms. The van der Waals surface area contributed by atoms with Crippen molar-refractivity contribution < 1.29 is 0 Å². The van der Waals surface area contributed by atoms with E-state index in [1.165, 1.54) is 30.8 Å². The Morgan fingerprint density at radius 3 is 2.81 bits per heavy atom. The molecule has 1 fully saturated rings. The zero-order chi connectivity index (χ0) is 11.5. The topological polar surface area (TPSA) is 37.8 Å². The zero-order valence-corrected chi connectivity index (χ0v) is 11.2. The molecule has 0 saturated heterocycles. The van der Waals surface area contributed by atoms with Crippen LogP contribution >= 0.6 is 11.5 Å². The van der Waals surface area contributed by atoms with Crippen molar-refractivity contribution in [1.82, 2.24) is 9.36 Å². The summed E-state index contributed by atoms with van der Waals surface area (Å²) in [6.45, 7) is 7.68. The third kappa shape index (κ3) is 2.73. The largest absolute Gasteiger partial charge is 0.360 e. The normalized spacial score (nSPS) is 25.2. The lowest BCUT2D eigenvalue weighted by Crippen LogP contribution is -2.16. The fourth-order valence-corrected chi connectivity index (χ4v) is 3.00. The van der Waals surface area contributed by atoms with Crippen LogP contribution < -0.4 is 5.32 Å². The predicted octanol–water partition coefficient (Wildman–Crippen LogP) is 3.51. The predicted molar refractivity (Wildman–Crippen MR) is 69.0 cm³/mol. The lowest BCUT2D eigenvalue weighted by molar-refractivity contribution is 0.439. The number of aromatic nitrogens is 2. The summed E-state index contributed by atoms with van der Waals surface area (Å²) in [5.74, 6) is 3.08. The average Bonchev–Trinajstić information content (AvgIpc) is 2.83. The van der Waals surface area contributed by atoms with Gasteiger partial charge in [-0.05, 0) is 18.3 Å². The standard InChI is InChI=1S/C12H21N3S/c1-8(2)11-14-12(16-15-11)13-7-10-6-4-5-9(10)3/h8-10H,4-7H2,1-3H3,(H,13,14,15). The summed E-state index contributed by atoms with van der Waals surface area (Å²) in [5.41, 5.74) is 0. The number of anilines is 1. The molecule has 0 aliphatic heterocycles. The van der Waals surface area contributed by atoms with Crippen LogP contribution in [0.25, 0.3) is 0 Å². The molecule has 1 saturated carbocycles. The molecule has 2 atom stereocenters. The van der Waals surface area contributed by atoms with Gasteiger partial charge in [0.1, 0.15) is 5.82 Å². The number of nitrogens with one attached hydrogen (secondary N) is 1. The van der Waals surface area contributed by atoms with Crippen LogP contribution in [0.4, 0.5) is 5.13 Å². The van der Waals surface area contributed by atoms with Gasteiger partial charge < -0.3 is 5.32 Å². The van der Waals surface area contributed by atoms with Crippen molar-refractivity contribution in [2.45, 2.75) is 46.0 Å². The fourth-order valence-electron chi connectivity index (χ4n) is 2.29. The number of hydrogen-bond acceptors (Lipinski definition) is 4. The Hall–Kier alpha value is -0.640. The summed E-state index contributed by atoms with van der Waals surface area (Å²) in [4.78, 5) is 4.49. The second-order valence-electron chi connectivity index (χ2n) is 5.16. The molecule has 1 N–H and O–H groups in total. The van der Waals surface area contributed by atoms with E-state index in [1.54, 1.807) is 0 Å². The maximum absolute atomic E-state index is 4.49. The second-order valence-corrected chi connectivity index (χ2v) is 5.91. The minimum Gasteiger partial charge on any atom is -0.360 e.